The number of hydrogen-bond donors (Lipinski definition) is 0. The Balaban J connectivity index is 2.33. The van der Waals surface area contributed by atoms with Crippen LogP contribution >= 0.6 is 23.2 Å². The zero-order valence-corrected chi connectivity index (χ0v) is 13.0. The highest BCUT2D eigenvalue weighted by atomic mass is 35.5. The van der Waals surface area contributed by atoms with E-state index in [1.165, 1.54) is 5.56 Å². The molecule has 2 atom stereocenters. The number of benzene rings is 1. The summed E-state index contributed by atoms with van der Waals surface area (Å²) in [5.74, 6) is 0.622. The van der Waals surface area contributed by atoms with Gasteiger partial charge in [0.2, 0.25) is 0 Å². The lowest BCUT2D eigenvalue weighted by atomic mass is 9.75. The highest BCUT2D eigenvalue weighted by molar-refractivity contribution is 6.42. The molecule has 1 aromatic rings. The summed E-state index contributed by atoms with van der Waals surface area (Å²) in [4.78, 5) is 2.53. The molecule has 1 aliphatic rings. The molecular formula is C15H21Cl2N. The third-order valence-electron chi connectivity index (χ3n) is 4.44. The number of likely N-dealkylation sites (tertiary alicyclic amines) is 1. The maximum Gasteiger partial charge on any atom is 0.0595 e. The minimum Gasteiger partial charge on any atom is -0.300 e. The zero-order chi connectivity index (χ0) is 13.5. The molecule has 2 unspecified atom stereocenters. The summed E-state index contributed by atoms with van der Waals surface area (Å²) in [5.41, 5.74) is 1.46. The summed E-state index contributed by atoms with van der Waals surface area (Å²) < 4.78 is 0. The second-order valence-corrected chi connectivity index (χ2v) is 6.78. The third-order valence-corrected chi connectivity index (χ3v) is 5.18. The maximum atomic E-state index is 6.16. The fraction of sp³-hybridized carbons (Fsp3) is 0.600. The molecule has 18 heavy (non-hydrogen) atoms. The monoisotopic (exact) mass is 285 g/mol. The van der Waals surface area contributed by atoms with Crippen molar-refractivity contribution in [1.29, 1.82) is 0 Å². The molecule has 100 valence electrons. The minimum atomic E-state index is 0.165. The van der Waals surface area contributed by atoms with Gasteiger partial charge in [-0.15, -0.1) is 0 Å². The molecule has 1 saturated heterocycles. The second kappa shape index (κ2) is 5.03. The molecule has 0 bridgehead atoms. The number of hydrogen-bond acceptors (Lipinski definition) is 1. The van der Waals surface area contributed by atoms with E-state index in [4.69, 9.17) is 23.2 Å². The van der Waals surface area contributed by atoms with Crippen molar-refractivity contribution in [3.05, 3.63) is 33.8 Å². The van der Waals surface area contributed by atoms with Crippen LogP contribution in [-0.4, -0.2) is 24.0 Å². The lowest BCUT2D eigenvalue weighted by Crippen LogP contribution is -2.33. The van der Waals surface area contributed by atoms with E-state index in [-0.39, 0.29) is 5.41 Å². The number of rotatable bonds is 2. The highest BCUT2D eigenvalue weighted by Crippen LogP contribution is 2.41. The van der Waals surface area contributed by atoms with Gasteiger partial charge in [0.25, 0.3) is 0 Å². The number of halogens is 2. The van der Waals surface area contributed by atoms with Crippen LogP contribution in [0.25, 0.3) is 0 Å². The van der Waals surface area contributed by atoms with E-state index < -0.39 is 0 Å². The van der Waals surface area contributed by atoms with Crippen molar-refractivity contribution >= 4 is 23.2 Å². The van der Waals surface area contributed by atoms with E-state index in [1.807, 2.05) is 12.1 Å². The number of nitrogens with zero attached hydrogens (tertiary/aromatic N) is 1. The quantitative estimate of drug-likeness (QED) is 0.767. The second-order valence-electron chi connectivity index (χ2n) is 5.97. The Hall–Kier alpha value is -0.240. The van der Waals surface area contributed by atoms with Crippen LogP contribution < -0.4 is 0 Å². The fourth-order valence-corrected chi connectivity index (χ4v) is 3.11. The van der Waals surface area contributed by atoms with Gasteiger partial charge >= 0.3 is 0 Å². The summed E-state index contributed by atoms with van der Waals surface area (Å²) >= 11 is 12.2. The van der Waals surface area contributed by atoms with Gasteiger partial charge in [0.15, 0.2) is 0 Å². The fourth-order valence-electron chi connectivity index (χ4n) is 2.82. The van der Waals surface area contributed by atoms with Crippen molar-refractivity contribution in [2.75, 3.05) is 13.1 Å². The average molecular weight is 286 g/mol. The van der Waals surface area contributed by atoms with E-state index in [2.05, 4.69) is 38.7 Å². The van der Waals surface area contributed by atoms with Crippen molar-refractivity contribution < 1.29 is 0 Å². The Morgan fingerprint density at radius 3 is 2.44 bits per heavy atom. The first-order valence-electron chi connectivity index (χ1n) is 6.54. The first kappa shape index (κ1) is 14.2. The maximum absolute atomic E-state index is 6.16. The molecule has 0 amide bonds. The van der Waals surface area contributed by atoms with Gasteiger partial charge in [-0.1, -0.05) is 43.1 Å². The van der Waals surface area contributed by atoms with E-state index >= 15 is 0 Å². The van der Waals surface area contributed by atoms with Crippen molar-refractivity contribution in [2.45, 2.75) is 39.2 Å². The molecule has 1 fully saturated rings. The van der Waals surface area contributed by atoms with Gasteiger partial charge < -0.3 is 0 Å². The summed E-state index contributed by atoms with van der Waals surface area (Å²) in [7, 11) is 0. The molecule has 1 aromatic carbocycles. The normalized spacial score (nSPS) is 29.2. The topological polar surface area (TPSA) is 3.24 Å². The van der Waals surface area contributed by atoms with Crippen molar-refractivity contribution in [2.24, 2.45) is 5.92 Å². The molecule has 0 aromatic heterocycles. The van der Waals surface area contributed by atoms with Crippen molar-refractivity contribution in [3.8, 4) is 0 Å². The van der Waals surface area contributed by atoms with Crippen molar-refractivity contribution in [3.63, 3.8) is 0 Å². The Morgan fingerprint density at radius 2 is 1.94 bits per heavy atom. The molecule has 0 aliphatic carbocycles. The van der Waals surface area contributed by atoms with Crippen LogP contribution in [0.3, 0.4) is 0 Å². The highest BCUT2D eigenvalue weighted by Gasteiger charge is 2.42. The van der Waals surface area contributed by atoms with Gasteiger partial charge in [0.1, 0.15) is 0 Å². The predicted octanol–water partition coefficient (Wildman–Crippen LogP) is 4.61. The van der Waals surface area contributed by atoms with Crippen LogP contribution in [0.15, 0.2) is 18.2 Å². The molecule has 0 spiro atoms. The van der Waals surface area contributed by atoms with Crippen LogP contribution in [0.4, 0.5) is 0 Å². The van der Waals surface area contributed by atoms with Crippen LogP contribution in [0, 0.1) is 5.92 Å². The van der Waals surface area contributed by atoms with Crippen LogP contribution in [-0.2, 0) is 5.41 Å². The van der Waals surface area contributed by atoms with E-state index in [0.29, 0.717) is 22.0 Å². The molecule has 3 heteroatoms. The molecule has 2 rings (SSSR count). The predicted molar refractivity (Wildman–Crippen MR) is 79.7 cm³/mol. The summed E-state index contributed by atoms with van der Waals surface area (Å²) in [6, 6.07) is 6.66. The van der Waals surface area contributed by atoms with Gasteiger partial charge in [-0.05, 0) is 37.5 Å². The Labute approximate surface area is 120 Å². The van der Waals surface area contributed by atoms with E-state index in [0.717, 1.165) is 13.1 Å². The first-order valence-corrected chi connectivity index (χ1v) is 7.30. The minimum absolute atomic E-state index is 0.165. The lowest BCUT2D eigenvalue weighted by Gasteiger charge is -2.30. The Kier molecular flexibility index (Phi) is 3.96. The molecule has 1 aliphatic heterocycles. The van der Waals surface area contributed by atoms with Gasteiger partial charge in [-0.2, -0.15) is 0 Å². The van der Waals surface area contributed by atoms with Gasteiger partial charge in [0.05, 0.1) is 10.0 Å². The largest absolute Gasteiger partial charge is 0.300 e. The van der Waals surface area contributed by atoms with Crippen molar-refractivity contribution in [1.82, 2.24) is 4.90 Å². The molecule has 0 saturated carbocycles. The van der Waals surface area contributed by atoms with Crippen LogP contribution in [0.2, 0.25) is 10.0 Å². The SMILES string of the molecule is CC(C)N1CC(C)C(C)(c2ccc(Cl)c(Cl)c2)C1. The summed E-state index contributed by atoms with van der Waals surface area (Å²) in [6.07, 6.45) is 0. The molecule has 1 heterocycles. The van der Waals surface area contributed by atoms with Gasteiger partial charge in [0, 0.05) is 24.5 Å². The van der Waals surface area contributed by atoms with Gasteiger partial charge in [-0.25, -0.2) is 0 Å². The summed E-state index contributed by atoms with van der Waals surface area (Å²) in [6.45, 7) is 11.4. The van der Waals surface area contributed by atoms with Crippen LogP contribution in [0.1, 0.15) is 33.3 Å². The van der Waals surface area contributed by atoms with Crippen LogP contribution in [0.5, 0.6) is 0 Å². The third kappa shape index (κ3) is 2.41. The lowest BCUT2D eigenvalue weighted by molar-refractivity contribution is 0.259. The van der Waals surface area contributed by atoms with E-state index in [1.54, 1.807) is 0 Å². The van der Waals surface area contributed by atoms with Gasteiger partial charge in [-0.3, -0.25) is 4.90 Å². The average Bonchev–Trinajstić information content (AvgIpc) is 2.61. The molecular weight excluding hydrogens is 265 g/mol. The smallest absolute Gasteiger partial charge is 0.0595 e. The first-order chi connectivity index (χ1) is 8.34. The molecule has 1 nitrogen and oxygen atoms in total. The molecule has 0 radical (unpaired) electrons. The Bertz CT molecular complexity index is 444. The summed E-state index contributed by atoms with van der Waals surface area (Å²) in [5, 5.41) is 1.29. The Morgan fingerprint density at radius 1 is 1.28 bits per heavy atom. The van der Waals surface area contributed by atoms with E-state index in [9.17, 15) is 0 Å². The zero-order valence-electron chi connectivity index (χ0n) is 11.5. The standard InChI is InChI=1S/C15H21Cl2N/c1-10(2)18-8-11(3)15(4,9-18)12-5-6-13(16)14(17)7-12/h5-7,10-11H,8-9H2,1-4H3. The molecule has 0 N–H and O–H groups in total.